The lowest BCUT2D eigenvalue weighted by Crippen LogP contribution is -2.34. The van der Waals surface area contributed by atoms with E-state index in [9.17, 15) is 9.59 Å². The number of ether oxygens (including phenoxy) is 1. The lowest BCUT2D eigenvalue weighted by atomic mass is 10.3. The predicted octanol–water partition coefficient (Wildman–Crippen LogP) is -0.736. The summed E-state index contributed by atoms with van der Waals surface area (Å²) in [6, 6.07) is 2.55. The fraction of sp³-hybridized carbons (Fsp3) is 0.0909. The Hall–Kier alpha value is -2.75. The zero-order chi connectivity index (χ0) is 16.1. The second-order valence-electron chi connectivity index (χ2n) is 3.68. The summed E-state index contributed by atoms with van der Waals surface area (Å²) < 4.78 is 13.2. The van der Waals surface area contributed by atoms with Crippen molar-refractivity contribution in [3.8, 4) is 12.0 Å². The minimum Gasteiger partial charge on any atom is -0.478 e. The number of pyridine rings is 1. The van der Waals surface area contributed by atoms with E-state index >= 15 is 0 Å². The van der Waals surface area contributed by atoms with Crippen molar-refractivity contribution < 1.29 is 25.4 Å². The first-order valence-corrected chi connectivity index (χ1v) is 6.17. The normalized spacial score (nSPS) is 10.6. The molecule has 3 N–H and O–H groups in total. The molecule has 0 radical (unpaired) electrons. The average Bonchev–Trinajstić information content (AvgIpc) is 2.54. The van der Waals surface area contributed by atoms with E-state index in [0.29, 0.717) is 0 Å². The Balaban J connectivity index is 2.45. The van der Waals surface area contributed by atoms with Crippen LogP contribution in [0.15, 0.2) is 24.5 Å². The fourth-order valence-electron chi connectivity index (χ4n) is 1.37. The molecule has 0 aliphatic rings. The van der Waals surface area contributed by atoms with Crippen LogP contribution in [0.3, 0.4) is 0 Å². The predicted molar refractivity (Wildman–Crippen MR) is 72.2 cm³/mol. The van der Waals surface area contributed by atoms with Crippen molar-refractivity contribution in [2.24, 2.45) is 0 Å². The quantitative estimate of drug-likeness (QED) is 0.374. The first-order valence-electron chi connectivity index (χ1n) is 6.04. The van der Waals surface area contributed by atoms with Gasteiger partial charge in [-0.3, -0.25) is 4.79 Å². The molecule has 2 aromatic heterocycles. The molecule has 108 valence electrons. The molecule has 10 heteroatoms. The molecule has 2 aromatic rings. The number of esters is 1. The highest BCUT2D eigenvalue weighted by molar-refractivity contribution is 7.81. The van der Waals surface area contributed by atoms with Crippen molar-refractivity contribution in [3.05, 3.63) is 30.1 Å². The first kappa shape index (κ1) is 13.2. The molecule has 0 aromatic carbocycles. The van der Waals surface area contributed by atoms with Gasteiger partial charge in [-0.05, 0) is 22.1 Å². The smallest absolute Gasteiger partial charge is 0.446 e. The van der Waals surface area contributed by atoms with E-state index < -0.39 is 11.9 Å². The van der Waals surface area contributed by atoms with Crippen LogP contribution in [0, 0.1) is 0 Å². The van der Waals surface area contributed by atoms with Gasteiger partial charge in [-0.25, -0.2) is 9.36 Å². The summed E-state index contributed by atoms with van der Waals surface area (Å²) in [6.45, 7) is 0. The minimum absolute atomic E-state index is 0.0113. The van der Waals surface area contributed by atoms with Crippen LogP contribution < -0.4 is 15.0 Å². The summed E-state index contributed by atoms with van der Waals surface area (Å²) in [5.74, 6) is -2.16. The Morgan fingerprint density at radius 3 is 2.95 bits per heavy atom. The van der Waals surface area contributed by atoms with Crippen molar-refractivity contribution in [1.29, 1.82) is 0 Å². The number of hydrogen-bond donors (Lipinski definition) is 3. The number of nitrogen functional groups attached to an aromatic ring is 1. The molecule has 2 heterocycles. The molecule has 0 spiro atoms. The number of carboxylic acid groups (broad SMARTS) is 1. The second-order valence-corrected chi connectivity index (χ2v) is 4.00. The van der Waals surface area contributed by atoms with Crippen LogP contribution in [0.2, 0.25) is 1.41 Å². The Morgan fingerprint density at radius 2 is 2.29 bits per heavy atom. The molecule has 0 unspecified atom stereocenters. The van der Waals surface area contributed by atoms with E-state index in [2.05, 4.69) is 27.6 Å². The highest BCUT2D eigenvalue weighted by atomic mass is 32.1. The molecule has 0 aliphatic carbocycles. The number of carbonyl (C=O) groups is 2. The van der Waals surface area contributed by atoms with Crippen molar-refractivity contribution in [1.82, 2.24) is 15.0 Å². The molecule has 21 heavy (non-hydrogen) atoms. The number of aromatic carboxylic acids is 1. The van der Waals surface area contributed by atoms with Gasteiger partial charge < -0.3 is 15.6 Å². The van der Waals surface area contributed by atoms with Crippen molar-refractivity contribution in [2.75, 3.05) is 11.5 Å². The maximum Gasteiger partial charge on any atom is 0.446 e. The molecule has 0 aliphatic heterocycles. The Morgan fingerprint density at radius 1 is 1.48 bits per heavy atom. The number of aromatic nitrogens is 4. The van der Waals surface area contributed by atoms with Crippen LogP contribution in [0.1, 0.15) is 10.4 Å². The largest absolute Gasteiger partial charge is 0.478 e. The molecule has 9 nitrogen and oxygen atoms in total. The minimum atomic E-state index is -1.12. The lowest BCUT2D eigenvalue weighted by molar-refractivity contribution is -0.603. The number of thiol groups is 1. The maximum absolute atomic E-state index is 11.2. The summed E-state index contributed by atoms with van der Waals surface area (Å²) in [5.41, 5.74) is 1.97. The third kappa shape index (κ3) is 3.63. The van der Waals surface area contributed by atoms with E-state index in [1.165, 1.54) is 29.1 Å². The van der Waals surface area contributed by atoms with E-state index in [1.807, 2.05) is 5.73 Å². The van der Waals surface area contributed by atoms with Crippen molar-refractivity contribution in [2.45, 2.75) is 0 Å². The van der Waals surface area contributed by atoms with Gasteiger partial charge in [-0.2, -0.15) is 12.6 Å². The van der Waals surface area contributed by atoms with Gasteiger partial charge in [0.2, 0.25) is 0 Å². The second kappa shape index (κ2) is 6.13. The average molecular weight is 309 g/mol. The van der Waals surface area contributed by atoms with Crippen LogP contribution in [0.25, 0.3) is 5.95 Å². The SMILES string of the molecule is [2H]Nc1nc(OC(=O)CS)nc(-[n+]2cccc(C(=O)O)c2)n1. The van der Waals surface area contributed by atoms with Crippen LogP contribution in [0.5, 0.6) is 6.01 Å². The van der Waals surface area contributed by atoms with Gasteiger partial charge in [-0.15, -0.1) is 4.98 Å². The molecule has 0 atom stereocenters. The van der Waals surface area contributed by atoms with Gasteiger partial charge in [0.15, 0.2) is 1.41 Å². The summed E-state index contributed by atoms with van der Waals surface area (Å²) >= 11 is 3.76. The number of nitrogens with two attached hydrogens (primary N) is 1. The molecular weight excluding hydrogens is 298 g/mol. The van der Waals surface area contributed by atoms with E-state index in [0.717, 1.165) is 0 Å². The van der Waals surface area contributed by atoms with Gasteiger partial charge in [0.25, 0.3) is 0 Å². The zero-order valence-corrected chi connectivity index (χ0v) is 11.3. The molecule has 0 saturated heterocycles. The first-order chi connectivity index (χ1) is 10.5. The van der Waals surface area contributed by atoms with Crippen LogP contribution in [-0.2, 0) is 4.79 Å². The molecule has 0 bridgehead atoms. The molecular formula is C11H10N5O4S+. The van der Waals surface area contributed by atoms with E-state index in [1.54, 1.807) is 0 Å². The monoisotopic (exact) mass is 309 g/mol. The van der Waals surface area contributed by atoms with Crippen LogP contribution >= 0.6 is 12.6 Å². The highest BCUT2D eigenvalue weighted by Crippen LogP contribution is 2.06. The highest BCUT2D eigenvalue weighted by Gasteiger charge is 2.20. The topological polar surface area (TPSA) is 132 Å². The number of nitrogens with zero attached hydrogens (tertiary/aromatic N) is 4. The molecule has 0 amide bonds. The summed E-state index contributed by atoms with van der Waals surface area (Å²) in [7, 11) is 0. The van der Waals surface area contributed by atoms with Crippen molar-refractivity contribution >= 4 is 30.5 Å². The van der Waals surface area contributed by atoms with Gasteiger partial charge in [-0.1, -0.05) is 0 Å². The Kier molecular flexibility index (Phi) is 3.87. The third-order valence-corrected chi connectivity index (χ3v) is 2.47. The molecule has 0 fully saturated rings. The number of rotatable bonds is 5. The maximum atomic E-state index is 11.2. The van der Waals surface area contributed by atoms with E-state index in [4.69, 9.17) is 11.3 Å². The molecule has 0 saturated carbocycles. The zero-order valence-electron chi connectivity index (χ0n) is 11.4. The van der Waals surface area contributed by atoms with Crippen molar-refractivity contribution in [3.63, 3.8) is 0 Å². The lowest BCUT2D eigenvalue weighted by Gasteiger charge is -2.00. The van der Waals surface area contributed by atoms with E-state index in [-0.39, 0.29) is 29.2 Å². The fourth-order valence-corrected chi connectivity index (χ4v) is 1.43. The van der Waals surface area contributed by atoms with Gasteiger partial charge in [0.1, 0.15) is 0 Å². The van der Waals surface area contributed by atoms with Crippen LogP contribution in [0.4, 0.5) is 5.95 Å². The van der Waals surface area contributed by atoms with Gasteiger partial charge in [0, 0.05) is 0 Å². The standard InChI is InChI=1S/C11H9N5O4S/c12-9-13-10(15-11(14-9)20-7(17)5-21)16-3-1-2-6(4-16)8(18)19/h1-4H,5H2,(H3-,12,13,14,15,18,19,21)/p+1/i/hD. The summed E-state index contributed by atoms with van der Waals surface area (Å²) in [4.78, 5) is 33.7. The van der Waals surface area contributed by atoms with Gasteiger partial charge in [0.05, 0.1) is 23.7 Å². The molecule has 2 rings (SSSR count). The third-order valence-electron chi connectivity index (χ3n) is 2.22. The van der Waals surface area contributed by atoms with Gasteiger partial charge >= 0.3 is 29.8 Å². The number of carbonyl (C=O) groups excluding carboxylic acids is 1. The number of anilines is 1. The number of carboxylic acids is 1. The summed E-state index contributed by atoms with van der Waals surface area (Å²) in [6.07, 6.45) is 2.77. The summed E-state index contributed by atoms with van der Waals surface area (Å²) in [5, 5.41) is 8.98. The van der Waals surface area contributed by atoms with Crippen LogP contribution in [-0.4, -0.2) is 37.7 Å². The Bertz CT molecular complexity index is 729. The Labute approximate surface area is 125 Å². The number of hydrogen-bond acceptors (Lipinski definition) is 8.